The molecule has 3 heteroatoms. The normalized spacial score (nSPS) is 11.3. The molecule has 23 heavy (non-hydrogen) atoms. The molecular weight excluding hydrogens is 286 g/mol. The monoisotopic (exact) mass is 303 g/mol. The van der Waals surface area contributed by atoms with Gasteiger partial charge in [-0.1, -0.05) is 18.2 Å². The molecule has 0 aliphatic heterocycles. The molecule has 4 rings (SSSR count). The number of nitrogens with zero attached hydrogens (tertiary/aromatic N) is 1. The summed E-state index contributed by atoms with van der Waals surface area (Å²) < 4.78 is 11.3. The van der Waals surface area contributed by atoms with Crippen LogP contribution in [0.2, 0.25) is 0 Å². The lowest BCUT2D eigenvalue weighted by molar-refractivity contribution is 0.415. The molecule has 3 nitrogen and oxygen atoms in total. The fourth-order valence-corrected chi connectivity index (χ4v) is 2.98. The van der Waals surface area contributed by atoms with Crippen molar-refractivity contribution in [1.29, 1.82) is 0 Å². The van der Waals surface area contributed by atoms with Crippen molar-refractivity contribution in [2.45, 2.75) is 13.8 Å². The minimum absolute atomic E-state index is 0.659. The van der Waals surface area contributed by atoms with Gasteiger partial charge >= 0.3 is 0 Å². The van der Waals surface area contributed by atoms with Crippen LogP contribution in [0.5, 0.6) is 5.75 Å². The third-order valence-electron chi connectivity index (χ3n) is 4.11. The Morgan fingerprint density at radius 2 is 1.70 bits per heavy atom. The maximum Gasteiger partial charge on any atom is 0.227 e. The Bertz CT molecular complexity index is 1030. The van der Waals surface area contributed by atoms with Gasteiger partial charge < -0.3 is 9.15 Å². The minimum atomic E-state index is 0.659. The topological polar surface area (TPSA) is 35.3 Å². The Labute approximate surface area is 134 Å². The van der Waals surface area contributed by atoms with Crippen molar-refractivity contribution in [3.63, 3.8) is 0 Å². The summed E-state index contributed by atoms with van der Waals surface area (Å²) in [6.45, 7) is 4.13. The van der Waals surface area contributed by atoms with Crippen LogP contribution in [-0.2, 0) is 0 Å². The highest BCUT2D eigenvalue weighted by Crippen LogP contribution is 2.30. The largest absolute Gasteiger partial charge is 0.497 e. The van der Waals surface area contributed by atoms with Crippen LogP contribution in [-0.4, -0.2) is 12.1 Å². The van der Waals surface area contributed by atoms with Crippen molar-refractivity contribution in [2.24, 2.45) is 0 Å². The molecular formula is C20H17NO2. The van der Waals surface area contributed by atoms with E-state index >= 15 is 0 Å². The Morgan fingerprint density at radius 1 is 0.913 bits per heavy atom. The van der Waals surface area contributed by atoms with Crippen LogP contribution in [0.1, 0.15) is 11.1 Å². The predicted molar refractivity (Wildman–Crippen MR) is 93.0 cm³/mol. The van der Waals surface area contributed by atoms with Gasteiger partial charge in [-0.3, -0.25) is 0 Å². The van der Waals surface area contributed by atoms with E-state index in [2.05, 4.69) is 49.2 Å². The summed E-state index contributed by atoms with van der Waals surface area (Å²) in [7, 11) is 1.68. The molecule has 0 amide bonds. The van der Waals surface area contributed by atoms with Crippen molar-refractivity contribution >= 4 is 21.9 Å². The number of fused-ring (bicyclic) bond motifs is 2. The maximum absolute atomic E-state index is 6.00. The Balaban J connectivity index is 1.86. The third kappa shape index (κ3) is 2.34. The SMILES string of the molecule is COc1ccc2cc(-c3nc4cc(C)cc(C)c4o3)ccc2c1. The van der Waals surface area contributed by atoms with Gasteiger partial charge in [-0.05, 0) is 66.1 Å². The highest BCUT2D eigenvalue weighted by atomic mass is 16.5. The van der Waals surface area contributed by atoms with Gasteiger partial charge in [0.05, 0.1) is 7.11 Å². The number of aromatic nitrogens is 1. The van der Waals surface area contributed by atoms with E-state index in [1.165, 1.54) is 5.56 Å². The summed E-state index contributed by atoms with van der Waals surface area (Å²) >= 11 is 0. The average molecular weight is 303 g/mol. The zero-order valence-electron chi connectivity index (χ0n) is 13.4. The van der Waals surface area contributed by atoms with Crippen LogP contribution in [0.4, 0.5) is 0 Å². The molecule has 0 fully saturated rings. The first-order chi connectivity index (χ1) is 11.1. The van der Waals surface area contributed by atoms with Crippen LogP contribution in [0, 0.1) is 13.8 Å². The lowest BCUT2D eigenvalue weighted by Crippen LogP contribution is -1.83. The molecule has 0 radical (unpaired) electrons. The van der Waals surface area contributed by atoms with Crippen LogP contribution >= 0.6 is 0 Å². The molecule has 0 unspecified atom stereocenters. The van der Waals surface area contributed by atoms with Crippen LogP contribution in [0.3, 0.4) is 0 Å². The molecule has 0 bridgehead atoms. The quantitative estimate of drug-likeness (QED) is 0.506. The van der Waals surface area contributed by atoms with Gasteiger partial charge in [0, 0.05) is 5.56 Å². The van der Waals surface area contributed by atoms with Crippen molar-refractivity contribution in [3.8, 4) is 17.2 Å². The van der Waals surface area contributed by atoms with E-state index in [1.807, 2.05) is 18.2 Å². The van der Waals surface area contributed by atoms with Crippen LogP contribution < -0.4 is 4.74 Å². The molecule has 114 valence electrons. The van der Waals surface area contributed by atoms with Gasteiger partial charge in [-0.15, -0.1) is 0 Å². The molecule has 4 aromatic rings. The van der Waals surface area contributed by atoms with Crippen LogP contribution in [0.25, 0.3) is 33.3 Å². The second kappa shape index (κ2) is 5.13. The molecule has 0 spiro atoms. The average Bonchev–Trinajstić information content (AvgIpc) is 2.98. The first-order valence-electron chi connectivity index (χ1n) is 7.60. The number of ether oxygens (including phenoxy) is 1. The standard InChI is InChI=1S/C20H17NO2/c1-12-8-13(2)19-18(9-12)21-20(23-19)16-5-4-15-11-17(22-3)7-6-14(15)10-16/h4-11H,1-3H3. The molecule has 1 aromatic heterocycles. The summed E-state index contributed by atoms with van der Waals surface area (Å²) in [6, 6.07) is 16.4. The molecule has 0 aliphatic carbocycles. The Hall–Kier alpha value is -2.81. The Morgan fingerprint density at radius 3 is 2.52 bits per heavy atom. The molecule has 0 aliphatic rings. The number of hydrogen-bond donors (Lipinski definition) is 0. The lowest BCUT2D eigenvalue weighted by atomic mass is 10.1. The second-order valence-corrected chi connectivity index (χ2v) is 5.88. The maximum atomic E-state index is 6.00. The van der Waals surface area contributed by atoms with Gasteiger partial charge in [-0.25, -0.2) is 4.98 Å². The molecule has 0 atom stereocenters. The van der Waals surface area contributed by atoms with E-state index in [1.54, 1.807) is 7.11 Å². The van der Waals surface area contributed by atoms with Gasteiger partial charge in [0.25, 0.3) is 0 Å². The van der Waals surface area contributed by atoms with Crippen LogP contribution in [0.15, 0.2) is 52.9 Å². The fourth-order valence-electron chi connectivity index (χ4n) is 2.98. The van der Waals surface area contributed by atoms with E-state index in [-0.39, 0.29) is 0 Å². The zero-order chi connectivity index (χ0) is 16.0. The van der Waals surface area contributed by atoms with Gasteiger partial charge in [-0.2, -0.15) is 0 Å². The highest BCUT2D eigenvalue weighted by molar-refractivity contribution is 5.88. The summed E-state index contributed by atoms with van der Waals surface area (Å²) in [5, 5.41) is 2.27. The van der Waals surface area contributed by atoms with Gasteiger partial charge in [0.15, 0.2) is 5.58 Å². The third-order valence-corrected chi connectivity index (χ3v) is 4.11. The first-order valence-corrected chi connectivity index (χ1v) is 7.60. The number of rotatable bonds is 2. The smallest absolute Gasteiger partial charge is 0.227 e. The Kier molecular flexibility index (Phi) is 3.08. The van der Waals surface area contributed by atoms with Gasteiger partial charge in [0.1, 0.15) is 11.3 Å². The van der Waals surface area contributed by atoms with Gasteiger partial charge in [0.2, 0.25) is 5.89 Å². The minimum Gasteiger partial charge on any atom is -0.497 e. The van der Waals surface area contributed by atoms with E-state index in [0.717, 1.165) is 38.7 Å². The molecule has 0 N–H and O–H groups in total. The highest BCUT2D eigenvalue weighted by Gasteiger charge is 2.11. The predicted octanol–water partition coefficient (Wildman–Crippen LogP) is 5.27. The number of methoxy groups -OCH3 is 1. The molecule has 3 aromatic carbocycles. The zero-order valence-corrected chi connectivity index (χ0v) is 13.4. The fraction of sp³-hybridized carbons (Fsp3) is 0.150. The summed E-state index contributed by atoms with van der Waals surface area (Å²) in [6.07, 6.45) is 0. The number of benzene rings is 3. The van der Waals surface area contributed by atoms with Crippen molar-refractivity contribution < 1.29 is 9.15 Å². The lowest BCUT2D eigenvalue weighted by Gasteiger charge is -2.03. The summed E-state index contributed by atoms with van der Waals surface area (Å²) in [5.74, 6) is 1.52. The molecule has 0 saturated heterocycles. The number of aryl methyl sites for hydroxylation is 2. The van der Waals surface area contributed by atoms with Crippen molar-refractivity contribution in [1.82, 2.24) is 4.98 Å². The summed E-state index contributed by atoms with van der Waals surface area (Å²) in [5.41, 5.74) is 5.06. The second-order valence-electron chi connectivity index (χ2n) is 5.88. The first kappa shape index (κ1) is 13.8. The summed E-state index contributed by atoms with van der Waals surface area (Å²) in [4.78, 5) is 4.65. The van der Waals surface area contributed by atoms with E-state index < -0.39 is 0 Å². The number of oxazole rings is 1. The molecule has 0 saturated carbocycles. The van der Waals surface area contributed by atoms with E-state index in [9.17, 15) is 0 Å². The van der Waals surface area contributed by atoms with Crippen molar-refractivity contribution in [2.75, 3.05) is 7.11 Å². The number of hydrogen-bond acceptors (Lipinski definition) is 3. The van der Waals surface area contributed by atoms with Crippen molar-refractivity contribution in [3.05, 3.63) is 59.7 Å². The molecule has 1 heterocycles. The van der Waals surface area contributed by atoms with E-state index in [4.69, 9.17) is 9.15 Å². The van der Waals surface area contributed by atoms with E-state index in [0.29, 0.717) is 5.89 Å².